The van der Waals surface area contributed by atoms with Gasteiger partial charge in [0.05, 0.1) is 5.02 Å². The maximum absolute atomic E-state index is 11.1. The van der Waals surface area contributed by atoms with Gasteiger partial charge in [0.25, 0.3) is 5.24 Å². The minimum absolute atomic E-state index is 0.0612. The van der Waals surface area contributed by atoms with Crippen molar-refractivity contribution in [3.63, 3.8) is 0 Å². The van der Waals surface area contributed by atoms with Gasteiger partial charge in [-0.2, -0.15) is 0 Å². The minimum atomic E-state index is -1.07. The van der Waals surface area contributed by atoms with Gasteiger partial charge in [0, 0.05) is 10.6 Å². The molecule has 0 unspecified atom stereocenters. The molecule has 0 heterocycles. The molecule has 1 rings (SSSR count). The van der Waals surface area contributed by atoms with Crippen molar-refractivity contribution in [2.75, 3.05) is 0 Å². The molecule has 0 bridgehead atoms. The van der Waals surface area contributed by atoms with Gasteiger partial charge in [-0.25, -0.2) is 0 Å². The maximum Gasteiger partial charge on any atom is 0.293 e. The highest BCUT2D eigenvalue weighted by atomic mass is 35.5. The lowest BCUT2D eigenvalue weighted by atomic mass is 10.1. The van der Waals surface area contributed by atoms with Crippen LogP contribution in [0.3, 0.4) is 0 Å². The Balaban J connectivity index is 3.16. The summed E-state index contributed by atoms with van der Waals surface area (Å²) in [4.78, 5) is 21.6. The standard InChI is InChI=1S/C8H3Cl3O2/c9-4-1-2-5(6(10)3-4)7(12)8(11)13/h1-3H. The summed E-state index contributed by atoms with van der Waals surface area (Å²) in [6, 6.07) is 4.18. The quantitative estimate of drug-likeness (QED) is 0.450. The topological polar surface area (TPSA) is 34.1 Å². The number of Topliss-reactive ketones (excluding diaryl/α,β-unsaturated/α-hetero) is 1. The summed E-state index contributed by atoms with van der Waals surface area (Å²) in [5.74, 6) is -0.830. The van der Waals surface area contributed by atoms with Crippen LogP contribution in [0.1, 0.15) is 10.4 Å². The third-order valence-electron chi connectivity index (χ3n) is 1.35. The highest BCUT2D eigenvalue weighted by Crippen LogP contribution is 2.21. The first kappa shape index (κ1) is 10.5. The zero-order chi connectivity index (χ0) is 10.0. The van der Waals surface area contributed by atoms with Crippen LogP contribution < -0.4 is 0 Å². The monoisotopic (exact) mass is 236 g/mol. The largest absolute Gasteiger partial charge is 0.293 e. The lowest BCUT2D eigenvalue weighted by Gasteiger charge is -1.99. The average molecular weight is 237 g/mol. The molecule has 0 amide bonds. The van der Waals surface area contributed by atoms with Crippen molar-refractivity contribution < 1.29 is 9.59 Å². The van der Waals surface area contributed by atoms with Gasteiger partial charge < -0.3 is 0 Å². The number of ketones is 1. The lowest BCUT2D eigenvalue weighted by Crippen LogP contribution is -2.07. The predicted octanol–water partition coefficient (Wildman–Crippen LogP) is 2.94. The number of carbonyl (C=O) groups is 2. The molecule has 13 heavy (non-hydrogen) atoms. The first-order valence-electron chi connectivity index (χ1n) is 3.21. The molecule has 0 aromatic heterocycles. The third kappa shape index (κ3) is 2.44. The maximum atomic E-state index is 11.1. The molecule has 0 saturated carbocycles. The van der Waals surface area contributed by atoms with E-state index in [1.165, 1.54) is 18.2 Å². The van der Waals surface area contributed by atoms with E-state index in [9.17, 15) is 9.59 Å². The Morgan fingerprint density at radius 3 is 2.23 bits per heavy atom. The van der Waals surface area contributed by atoms with Crippen LogP contribution in [-0.4, -0.2) is 11.0 Å². The molecule has 68 valence electrons. The molecular weight excluding hydrogens is 234 g/mol. The van der Waals surface area contributed by atoms with Crippen molar-refractivity contribution in [3.8, 4) is 0 Å². The van der Waals surface area contributed by atoms with E-state index >= 15 is 0 Å². The number of hydrogen-bond acceptors (Lipinski definition) is 2. The summed E-state index contributed by atoms with van der Waals surface area (Å²) < 4.78 is 0. The first-order valence-corrected chi connectivity index (χ1v) is 4.35. The van der Waals surface area contributed by atoms with Crippen LogP contribution in [0, 0.1) is 0 Å². The second-order valence-corrected chi connectivity index (χ2v) is 3.41. The van der Waals surface area contributed by atoms with Gasteiger partial charge in [-0.1, -0.05) is 23.2 Å². The third-order valence-corrected chi connectivity index (χ3v) is 2.07. The van der Waals surface area contributed by atoms with Gasteiger partial charge in [0.2, 0.25) is 5.78 Å². The van der Waals surface area contributed by atoms with Crippen molar-refractivity contribution in [2.45, 2.75) is 0 Å². The molecule has 5 heteroatoms. The molecule has 0 N–H and O–H groups in total. The fourth-order valence-corrected chi connectivity index (χ4v) is 1.38. The van der Waals surface area contributed by atoms with Gasteiger partial charge in [0.1, 0.15) is 0 Å². The molecule has 0 saturated heterocycles. The molecule has 2 nitrogen and oxygen atoms in total. The van der Waals surface area contributed by atoms with Crippen molar-refractivity contribution in [1.82, 2.24) is 0 Å². The van der Waals surface area contributed by atoms with E-state index in [0.717, 1.165) is 0 Å². The number of halogens is 3. The normalized spacial score (nSPS) is 9.77. The minimum Gasteiger partial charge on any atom is -0.284 e. The second kappa shape index (κ2) is 4.09. The Hall–Kier alpha value is -0.570. The van der Waals surface area contributed by atoms with Crippen LogP contribution in [0.25, 0.3) is 0 Å². The van der Waals surface area contributed by atoms with E-state index in [-0.39, 0.29) is 10.6 Å². The number of benzene rings is 1. The van der Waals surface area contributed by atoms with Crippen LogP contribution in [0.5, 0.6) is 0 Å². The van der Waals surface area contributed by atoms with Crippen LogP contribution in [0.15, 0.2) is 18.2 Å². The molecule has 0 fully saturated rings. The number of carbonyl (C=O) groups excluding carboxylic acids is 2. The van der Waals surface area contributed by atoms with Crippen molar-refractivity contribution in [1.29, 1.82) is 0 Å². The first-order chi connectivity index (χ1) is 6.02. The molecule has 1 aromatic rings. The molecule has 0 atom stereocenters. The summed E-state index contributed by atoms with van der Waals surface area (Å²) in [7, 11) is 0. The van der Waals surface area contributed by atoms with E-state index in [1.807, 2.05) is 0 Å². The van der Waals surface area contributed by atoms with Gasteiger partial charge in [0.15, 0.2) is 0 Å². The van der Waals surface area contributed by atoms with Gasteiger partial charge in [-0.15, -0.1) is 0 Å². The fraction of sp³-hybridized carbons (Fsp3) is 0. The van der Waals surface area contributed by atoms with Crippen LogP contribution in [0.2, 0.25) is 10.0 Å². The number of hydrogen-bond donors (Lipinski definition) is 0. The van der Waals surface area contributed by atoms with Gasteiger partial charge in [-0.3, -0.25) is 9.59 Å². The molecule has 1 aromatic carbocycles. The lowest BCUT2D eigenvalue weighted by molar-refractivity contribution is -0.108. The highest BCUT2D eigenvalue weighted by molar-refractivity contribution is 6.83. The summed E-state index contributed by atoms with van der Waals surface area (Å²) in [6.45, 7) is 0. The van der Waals surface area contributed by atoms with Crippen LogP contribution >= 0.6 is 34.8 Å². The Bertz CT molecular complexity index is 374. The Kier molecular flexibility index (Phi) is 3.31. The Morgan fingerprint density at radius 1 is 1.15 bits per heavy atom. The summed E-state index contributed by atoms with van der Waals surface area (Å²) in [6.07, 6.45) is 0. The van der Waals surface area contributed by atoms with E-state index in [0.29, 0.717) is 5.02 Å². The van der Waals surface area contributed by atoms with Crippen molar-refractivity contribution in [2.24, 2.45) is 0 Å². The Labute approximate surface area is 89.4 Å². The van der Waals surface area contributed by atoms with Crippen molar-refractivity contribution >= 4 is 45.8 Å². The number of rotatable bonds is 2. The fourth-order valence-electron chi connectivity index (χ4n) is 0.780. The average Bonchev–Trinajstić information content (AvgIpc) is 2.03. The predicted molar refractivity (Wildman–Crippen MR) is 51.7 cm³/mol. The van der Waals surface area contributed by atoms with E-state index in [1.54, 1.807) is 0 Å². The summed E-state index contributed by atoms with van der Waals surface area (Å²) in [5, 5.41) is -0.556. The van der Waals surface area contributed by atoms with Crippen molar-refractivity contribution in [3.05, 3.63) is 33.8 Å². The summed E-state index contributed by atoms with van der Waals surface area (Å²) in [5.41, 5.74) is 0.0612. The smallest absolute Gasteiger partial charge is 0.284 e. The van der Waals surface area contributed by atoms with Crippen LogP contribution in [-0.2, 0) is 4.79 Å². The molecule has 0 aliphatic rings. The second-order valence-electron chi connectivity index (χ2n) is 2.23. The Morgan fingerprint density at radius 2 is 1.77 bits per heavy atom. The molecule has 0 spiro atoms. The molecule has 0 radical (unpaired) electrons. The molecule has 0 aliphatic carbocycles. The van der Waals surface area contributed by atoms with E-state index in [4.69, 9.17) is 34.8 Å². The SMILES string of the molecule is O=C(Cl)C(=O)c1ccc(Cl)cc1Cl. The molecule has 0 aliphatic heterocycles. The highest BCUT2D eigenvalue weighted by Gasteiger charge is 2.16. The van der Waals surface area contributed by atoms with Gasteiger partial charge >= 0.3 is 0 Å². The summed E-state index contributed by atoms with van der Waals surface area (Å²) >= 11 is 16.2. The zero-order valence-corrected chi connectivity index (χ0v) is 8.45. The van der Waals surface area contributed by atoms with Crippen LogP contribution in [0.4, 0.5) is 0 Å². The zero-order valence-electron chi connectivity index (χ0n) is 6.18. The van der Waals surface area contributed by atoms with Gasteiger partial charge in [-0.05, 0) is 29.8 Å². The van der Waals surface area contributed by atoms with E-state index < -0.39 is 11.0 Å². The molecular formula is C8H3Cl3O2. The van der Waals surface area contributed by atoms with E-state index in [2.05, 4.69) is 0 Å².